The van der Waals surface area contributed by atoms with Crippen LogP contribution in [0.5, 0.6) is 0 Å². The second-order valence-electron chi connectivity index (χ2n) is 7.03. The molecule has 7 nitrogen and oxygen atoms in total. The van der Waals surface area contributed by atoms with Gasteiger partial charge in [0.25, 0.3) is 5.91 Å². The highest BCUT2D eigenvalue weighted by Crippen LogP contribution is 2.22. The second kappa shape index (κ2) is 10.9. The molecule has 0 bridgehead atoms. The average Bonchev–Trinajstić information content (AvgIpc) is 2.73. The van der Waals surface area contributed by atoms with Gasteiger partial charge in [-0.25, -0.2) is 0 Å². The van der Waals surface area contributed by atoms with Gasteiger partial charge in [-0.05, 0) is 49.4 Å². The molecule has 164 valence electrons. The lowest BCUT2D eigenvalue weighted by molar-refractivity contribution is -0.145. The summed E-state index contributed by atoms with van der Waals surface area (Å²) in [6, 6.07) is 10.6. The third-order valence-corrected chi connectivity index (χ3v) is 4.95. The van der Waals surface area contributed by atoms with Gasteiger partial charge in [-0.1, -0.05) is 37.0 Å². The Labute approximate surface area is 190 Å². The Morgan fingerprint density at radius 3 is 2.10 bits per heavy atom. The molecular formula is C22H22Cl2N2O5. The van der Waals surface area contributed by atoms with Gasteiger partial charge in [-0.15, -0.1) is 0 Å². The van der Waals surface area contributed by atoms with E-state index in [1.807, 2.05) is 0 Å². The van der Waals surface area contributed by atoms with Crippen molar-refractivity contribution < 1.29 is 23.9 Å². The Morgan fingerprint density at radius 1 is 0.903 bits per heavy atom. The molecule has 2 N–H and O–H groups in total. The van der Waals surface area contributed by atoms with Crippen LogP contribution >= 0.6 is 23.2 Å². The van der Waals surface area contributed by atoms with E-state index in [-0.39, 0.29) is 22.4 Å². The van der Waals surface area contributed by atoms with Crippen LogP contribution in [0.3, 0.4) is 0 Å². The first-order chi connectivity index (χ1) is 14.6. The summed E-state index contributed by atoms with van der Waals surface area (Å²) in [4.78, 5) is 48.3. The molecule has 9 heteroatoms. The number of halogens is 2. The van der Waals surface area contributed by atoms with Gasteiger partial charge in [0, 0.05) is 22.7 Å². The standard InChI is InChI=1S/C22H22Cl2N2O5/c1-12(2)21(29)26-16-7-4-14(5-8-16)20(28)13(3)31-19(27)11-25-22(30)15-6-9-17(23)18(24)10-15/h4-10,12-13H,11H2,1-3H3,(H,25,30)(H,26,29). The van der Waals surface area contributed by atoms with Gasteiger partial charge in [-0.3, -0.25) is 19.2 Å². The average molecular weight is 465 g/mol. The molecule has 0 saturated carbocycles. The zero-order valence-corrected chi connectivity index (χ0v) is 18.7. The highest BCUT2D eigenvalue weighted by Gasteiger charge is 2.20. The Morgan fingerprint density at radius 2 is 1.52 bits per heavy atom. The molecule has 2 amide bonds. The van der Waals surface area contributed by atoms with Gasteiger partial charge in [0.1, 0.15) is 6.54 Å². The summed E-state index contributed by atoms with van der Waals surface area (Å²) in [6.07, 6.45) is -1.05. The summed E-state index contributed by atoms with van der Waals surface area (Å²) in [5.74, 6) is -2.02. The predicted octanol–water partition coefficient (Wildman–Crippen LogP) is 4.13. The van der Waals surface area contributed by atoms with Crippen molar-refractivity contribution in [2.24, 2.45) is 5.92 Å². The molecular weight excluding hydrogens is 443 g/mol. The zero-order chi connectivity index (χ0) is 23.1. The van der Waals surface area contributed by atoms with Gasteiger partial charge in [-0.2, -0.15) is 0 Å². The largest absolute Gasteiger partial charge is 0.453 e. The highest BCUT2D eigenvalue weighted by atomic mass is 35.5. The van der Waals surface area contributed by atoms with E-state index < -0.39 is 30.3 Å². The number of ether oxygens (including phenoxy) is 1. The number of esters is 1. The summed E-state index contributed by atoms with van der Waals surface area (Å²) in [6.45, 7) is 4.57. The van der Waals surface area contributed by atoms with Crippen molar-refractivity contribution in [2.75, 3.05) is 11.9 Å². The number of anilines is 1. The number of benzene rings is 2. The highest BCUT2D eigenvalue weighted by molar-refractivity contribution is 6.42. The second-order valence-corrected chi connectivity index (χ2v) is 7.84. The van der Waals surface area contributed by atoms with Crippen LogP contribution in [0, 0.1) is 5.92 Å². The summed E-state index contributed by atoms with van der Waals surface area (Å²) in [5, 5.41) is 5.64. The van der Waals surface area contributed by atoms with Gasteiger partial charge in [0.2, 0.25) is 11.7 Å². The van der Waals surface area contributed by atoms with Gasteiger partial charge in [0.15, 0.2) is 6.10 Å². The van der Waals surface area contributed by atoms with E-state index in [1.54, 1.807) is 26.0 Å². The lowest BCUT2D eigenvalue weighted by Crippen LogP contribution is -2.34. The summed E-state index contributed by atoms with van der Waals surface area (Å²) in [7, 11) is 0. The normalized spacial score (nSPS) is 11.5. The lowest BCUT2D eigenvalue weighted by atomic mass is 10.1. The fourth-order valence-electron chi connectivity index (χ4n) is 2.42. The van der Waals surface area contributed by atoms with E-state index in [0.29, 0.717) is 16.3 Å². The molecule has 0 aliphatic heterocycles. The first kappa shape index (κ1) is 24.4. The minimum atomic E-state index is -1.05. The van der Waals surface area contributed by atoms with Crippen LogP contribution in [0.25, 0.3) is 0 Å². The number of nitrogens with one attached hydrogen (secondary N) is 2. The molecule has 1 atom stereocenters. The van der Waals surface area contributed by atoms with Crippen molar-refractivity contribution >= 4 is 52.5 Å². The SMILES string of the molecule is CC(C)C(=O)Nc1ccc(C(=O)C(C)OC(=O)CNC(=O)c2ccc(Cl)c(Cl)c2)cc1. The zero-order valence-electron chi connectivity index (χ0n) is 17.2. The van der Waals surface area contributed by atoms with E-state index in [0.717, 1.165) is 0 Å². The summed E-state index contributed by atoms with van der Waals surface area (Å²) >= 11 is 11.7. The number of carbonyl (C=O) groups excluding carboxylic acids is 4. The van der Waals surface area contributed by atoms with Crippen LogP contribution < -0.4 is 10.6 Å². The van der Waals surface area contributed by atoms with Crippen molar-refractivity contribution in [3.63, 3.8) is 0 Å². The molecule has 2 aromatic rings. The van der Waals surface area contributed by atoms with Crippen molar-refractivity contribution in [3.8, 4) is 0 Å². The maximum Gasteiger partial charge on any atom is 0.326 e. The van der Waals surface area contributed by atoms with Crippen LogP contribution in [0.2, 0.25) is 10.0 Å². The van der Waals surface area contributed by atoms with Gasteiger partial charge in [0.05, 0.1) is 10.0 Å². The van der Waals surface area contributed by atoms with Crippen molar-refractivity contribution in [1.29, 1.82) is 0 Å². The van der Waals surface area contributed by atoms with Crippen LogP contribution in [-0.4, -0.2) is 36.2 Å². The number of hydrogen-bond acceptors (Lipinski definition) is 5. The third-order valence-electron chi connectivity index (χ3n) is 4.21. The Bertz CT molecular complexity index is 990. The molecule has 31 heavy (non-hydrogen) atoms. The molecule has 2 rings (SSSR count). The quantitative estimate of drug-likeness (QED) is 0.451. The Hall–Kier alpha value is -2.90. The van der Waals surface area contributed by atoms with E-state index in [1.165, 1.54) is 37.3 Å². The van der Waals surface area contributed by atoms with E-state index in [4.69, 9.17) is 27.9 Å². The molecule has 0 radical (unpaired) electrons. The molecule has 0 aromatic heterocycles. The van der Waals surface area contributed by atoms with Crippen LogP contribution in [-0.2, 0) is 14.3 Å². The maximum atomic E-state index is 12.5. The fraction of sp³-hybridized carbons (Fsp3) is 0.273. The lowest BCUT2D eigenvalue weighted by Gasteiger charge is -2.13. The van der Waals surface area contributed by atoms with E-state index in [2.05, 4.69) is 10.6 Å². The summed E-state index contributed by atoms with van der Waals surface area (Å²) in [5.41, 5.74) is 1.11. The fourth-order valence-corrected chi connectivity index (χ4v) is 2.72. The van der Waals surface area contributed by atoms with Crippen molar-refractivity contribution in [3.05, 3.63) is 63.6 Å². The third kappa shape index (κ3) is 7.08. The number of ketones is 1. The molecule has 0 spiro atoms. The minimum absolute atomic E-state index is 0.135. The topological polar surface area (TPSA) is 102 Å². The maximum absolute atomic E-state index is 12.5. The Kier molecular flexibility index (Phi) is 8.59. The monoisotopic (exact) mass is 464 g/mol. The number of carbonyl (C=O) groups is 4. The molecule has 0 saturated heterocycles. The molecule has 1 unspecified atom stereocenters. The van der Waals surface area contributed by atoms with Gasteiger partial charge < -0.3 is 15.4 Å². The number of Topliss-reactive ketones (excluding diaryl/α,β-unsaturated/α-hetero) is 1. The minimum Gasteiger partial charge on any atom is -0.453 e. The molecule has 2 aromatic carbocycles. The number of amides is 2. The predicted molar refractivity (Wildman–Crippen MR) is 119 cm³/mol. The van der Waals surface area contributed by atoms with Crippen molar-refractivity contribution in [1.82, 2.24) is 5.32 Å². The molecule has 0 aliphatic rings. The van der Waals surface area contributed by atoms with E-state index in [9.17, 15) is 19.2 Å². The van der Waals surface area contributed by atoms with E-state index >= 15 is 0 Å². The van der Waals surface area contributed by atoms with Gasteiger partial charge >= 0.3 is 5.97 Å². The van der Waals surface area contributed by atoms with Crippen molar-refractivity contribution in [2.45, 2.75) is 26.9 Å². The smallest absolute Gasteiger partial charge is 0.326 e. The number of hydrogen-bond donors (Lipinski definition) is 2. The first-order valence-corrected chi connectivity index (χ1v) is 10.2. The summed E-state index contributed by atoms with van der Waals surface area (Å²) < 4.78 is 5.10. The number of rotatable bonds is 8. The van der Waals surface area contributed by atoms with Crippen LogP contribution in [0.1, 0.15) is 41.5 Å². The van der Waals surface area contributed by atoms with Crippen LogP contribution in [0.4, 0.5) is 5.69 Å². The van der Waals surface area contributed by atoms with Crippen LogP contribution in [0.15, 0.2) is 42.5 Å². The Balaban J connectivity index is 1.87. The molecule has 0 aliphatic carbocycles. The first-order valence-electron chi connectivity index (χ1n) is 9.46. The molecule has 0 fully saturated rings. The molecule has 0 heterocycles.